The lowest BCUT2D eigenvalue weighted by Crippen LogP contribution is -2.50. The van der Waals surface area contributed by atoms with Crippen molar-refractivity contribution in [2.45, 2.75) is 64.3 Å². The Morgan fingerprint density at radius 2 is 1.05 bits per heavy atom. The molecule has 2 N–H and O–H groups in total. The number of carbonyl (C=O) groups excluding carboxylic acids is 2. The highest BCUT2D eigenvalue weighted by atomic mass is 16.5. The molecule has 4 aliphatic rings. The van der Waals surface area contributed by atoms with Crippen LogP contribution in [0.15, 0.2) is 48.5 Å². The SMILES string of the molecule is N#Cc1ccc(CN2CCC(=O)CC2)cc1.N#Cc1ccc(CN2CCC3(CC2)NCCO3)cc1.O=C1CCNCC1.[CH2-]C#CC#CC#CC.[CH2-]C#CC#CC#C[CH2-]. The van der Waals surface area contributed by atoms with E-state index in [2.05, 4.69) is 124 Å². The molecule has 0 aliphatic carbocycles. The zero-order valence-electron chi connectivity index (χ0n) is 33.6. The van der Waals surface area contributed by atoms with Crippen LogP contribution in [0, 0.1) is 114 Å². The summed E-state index contributed by atoms with van der Waals surface area (Å²) in [5.41, 5.74) is 3.85. The Morgan fingerprint density at radius 3 is 1.41 bits per heavy atom. The molecule has 4 fully saturated rings. The quantitative estimate of drug-likeness (QED) is 0.338. The number of ether oxygens (including phenoxy) is 1. The van der Waals surface area contributed by atoms with Crippen molar-refractivity contribution in [3.05, 3.63) is 91.6 Å². The average molecular weight is 772 g/mol. The van der Waals surface area contributed by atoms with Gasteiger partial charge in [0.05, 0.1) is 29.9 Å². The molecule has 4 aliphatic heterocycles. The highest BCUT2D eigenvalue weighted by Gasteiger charge is 2.37. The normalized spacial score (nSPS) is 15.8. The van der Waals surface area contributed by atoms with Crippen LogP contribution in [0.4, 0.5) is 0 Å². The maximum Gasteiger partial charge on any atom is 0.135 e. The molecular weight excluding hydrogens is 721 g/mol. The number of hydrogen-bond donors (Lipinski definition) is 2. The number of Topliss-reactive ketones (excluding diaryl/α,β-unsaturated/α-hetero) is 2. The Bertz CT molecular complexity index is 1940. The molecule has 1 spiro atoms. The summed E-state index contributed by atoms with van der Waals surface area (Å²) in [4.78, 5) is 26.2. The van der Waals surface area contributed by atoms with Crippen molar-refractivity contribution >= 4 is 11.6 Å². The number of ketones is 2. The first kappa shape index (κ1) is 47.7. The molecule has 0 saturated carbocycles. The lowest BCUT2D eigenvalue weighted by Gasteiger charge is -2.38. The number of benzene rings is 2. The van der Waals surface area contributed by atoms with Crippen LogP contribution in [0.2, 0.25) is 0 Å². The van der Waals surface area contributed by atoms with Crippen molar-refractivity contribution in [1.82, 2.24) is 20.4 Å². The van der Waals surface area contributed by atoms with Crippen LogP contribution in [-0.2, 0) is 27.4 Å². The van der Waals surface area contributed by atoms with Gasteiger partial charge in [-0.3, -0.25) is 42.5 Å². The summed E-state index contributed by atoms with van der Waals surface area (Å²) in [7, 11) is 0. The van der Waals surface area contributed by atoms with Crippen LogP contribution >= 0.6 is 0 Å². The van der Waals surface area contributed by atoms with Gasteiger partial charge in [0.15, 0.2) is 0 Å². The topological polar surface area (TPSA) is 121 Å². The molecule has 0 atom stereocenters. The minimum absolute atomic E-state index is 0.0405. The Hall–Kier alpha value is -6.47. The van der Waals surface area contributed by atoms with E-state index < -0.39 is 0 Å². The third kappa shape index (κ3) is 21.0. The summed E-state index contributed by atoms with van der Waals surface area (Å²) < 4.78 is 5.84. The number of nitriles is 2. The number of likely N-dealkylation sites (tertiary alicyclic amines) is 2. The van der Waals surface area contributed by atoms with Crippen molar-refractivity contribution in [3.63, 3.8) is 0 Å². The number of hydrogen-bond acceptors (Lipinski definition) is 9. The lowest BCUT2D eigenvalue weighted by molar-refractivity contribution is -0.121. The van der Waals surface area contributed by atoms with Crippen LogP contribution in [0.3, 0.4) is 0 Å². The average Bonchev–Trinajstić information content (AvgIpc) is 3.72. The van der Waals surface area contributed by atoms with Gasteiger partial charge in [-0.1, -0.05) is 30.2 Å². The Morgan fingerprint density at radius 1 is 0.621 bits per heavy atom. The van der Waals surface area contributed by atoms with Gasteiger partial charge in [-0.2, -0.15) is 31.3 Å². The molecule has 58 heavy (non-hydrogen) atoms. The van der Waals surface area contributed by atoms with Gasteiger partial charge in [0.2, 0.25) is 0 Å². The minimum Gasteiger partial charge on any atom is -0.359 e. The number of nitrogens with one attached hydrogen (secondary N) is 2. The molecule has 6 rings (SSSR count). The van der Waals surface area contributed by atoms with E-state index in [4.69, 9.17) is 15.3 Å². The van der Waals surface area contributed by atoms with Gasteiger partial charge in [-0.15, -0.1) is 17.8 Å². The number of carbonyl (C=O) groups is 2. The molecular formula is C49H51N6O3-3. The maximum atomic E-state index is 11.1. The van der Waals surface area contributed by atoms with E-state index in [9.17, 15) is 9.59 Å². The van der Waals surface area contributed by atoms with Crippen LogP contribution in [0.25, 0.3) is 0 Å². The highest BCUT2D eigenvalue weighted by molar-refractivity contribution is 5.79. The van der Waals surface area contributed by atoms with E-state index in [1.54, 1.807) is 6.92 Å². The van der Waals surface area contributed by atoms with E-state index in [0.717, 1.165) is 96.8 Å². The molecule has 9 heteroatoms. The van der Waals surface area contributed by atoms with Crippen LogP contribution in [0.1, 0.15) is 67.7 Å². The summed E-state index contributed by atoms with van der Waals surface area (Å²) in [6, 6.07) is 19.8. The van der Waals surface area contributed by atoms with E-state index in [1.807, 2.05) is 48.5 Å². The summed E-state index contributed by atoms with van der Waals surface area (Å²) in [5, 5.41) is 24.0. The van der Waals surface area contributed by atoms with Crippen molar-refractivity contribution in [3.8, 4) is 83.2 Å². The molecule has 0 aromatic heterocycles. The first-order valence-corrected chi connectivity index (χ1v) is 19.1. The lowest BCUT2D eigenvalue weighted by atomic mass is 10.00. The number of nitrogens with zero attached hydrogens (tertiary/aromatic N) is 4. The van der Waals surface area contributed by atoms with E-state index in [-0.39, 0.29) is 5.72 Å². The van der Waals surface area contributed by atoms with Gasteiger partial charge < -0.3 is 10.1 Å². The largest absolute Gasteiger partial charge is 0.359 e. The predicted octanol–water partition coefficient (Wildman–Crippen LogP) is 4.65. The molecule has 0 amide bonds. The first-order chi connectivity index (χ1) is 28.3. The van der Waals surface area contributed by atoms with Crippen molar-refractivity contribution < 1.29 is 14.3 Å². The summed E-state index contributed by atoms with van der Waals surface area (Å²) in [5.74, 6) is 30.3. The molecule has 298 valence electrons. The van der Waals surface area contributed by atoms with E-state index in [1.165, 1.54) is 11.1 Å². The minimum atomic E-state index is -0.0405. The van der Waals surface area contributed by atoms with E-state index in [0.29, 0.717) is 30.0 Å². The molecule has 0 unspecified atom stereocenters. The smallest absolute Gasteiger partial charge is 0.135 e. The standard InChI is InChI=1S/C15H19N3O.C13H14N2O.C8H5.C8H4.C5H9NO/c16-11-13-1-3-14(4-2-13)12-18-8-5-15(6-9-18)17-7-10-19-15;14-9-11-1-3-12(4-2-11)10-15-7-5-13(16)6-8-15;2*1-3-5-7-8-6-4-2;7-5-1-3-6-4-2-5/h1-4,17H,5-10,12H2;1-4H,5-8,10H2;1H2,2H3;1-2H2;6H,1-4H2/q;;-1;-2;. The number of piperidine rings is 3. The zero-order chi connectivity index (χ0) is 42.1. The summed E-state index contributed by atoms with van der Waals surface area (Å²) in [6.45, 7) is 20.8. The Balaban J connectivity index is 0.000000268. The Kier molecular flexibility index (Phi) is 24.5. The van der Waals surface area contributed by atoms with Gasteiger partial charge in [0.25, 0.3) is 0 Å². The maximum absolute atomic E-state index is 11.1. The zero-order valence-corrected chi connectivity index (χ0v) is 33.6. The third-order valence-corrected chi connectivity index (χ3v) is 8.91. The molecule has 9 nitrogen and oxygen atoms in total. The van der Waals surface area contributed by atoms with Gasteiger partial charge in [0, 0.05) is 97.4 Å². The molecule has 0 radical (unpaired) electrons. The fourth-order valence-electron chi connectivity index (χ4n) is 5.84. The molecule has 2 aromatic rings. The fraction of sp³-hybridized carbons (Fsp3) is 0.367. The number of rotatable bonds is 4. The molecule has 2 aromatic carbocycles. The monoisotopic (exact) mass is 771 g/mol. The van der Waals surface area contributed by atoms with Crippen molar-refractivity contribution in [2.75, 3.05) is 52.4 Å². The molecule has 4 saturated heterocycles. The molecule has 4 heterocycles. The predicted molar refractivity (Wildman–Crippen MR) is 229 cm³/mol. The summed E-state index contributed by atoms with van der Waals surface area (Å²) >= 11 is 0. The second-order valence-electron chi connectivity index (χ2n) is 13.0. The van der Waals surface area contributed by atoms with Gasteiger partial charge >= 0.3 is 0 Å². The van der Waals surface area contributed by atoms with Crippen LogP contribution in [-0.4, -0.2) is 79.5 Å². The first-order valence-electron chi connectivity index (χ1n) is 19.1. The second-order valence-corrected chi connectivity index (χ2v) is 13.0. The molecule has 0 bridgehead atoms. The highest BCUT2D eigenvalue weighted by Crippen LogP contribution is 2.27. The van der Waals surface area contributed by atoms with Gasteiger partial charge in [0.1, 0.15) is 17.3 Å². The van der Waals surface area contributed by atoms with Crippen LogP contribution in [0.5, 0.6) is 0 Å². The fourth-order valence-corrected chi connectivity index (χ4v) is 5.84. The van der Waals surface area contributed by atoms with E-state index >= 15 is 0 Å². The Labute approximate surface area is 347 Å². The third-order valence-electron chi connectivity index (χ3n) is 8.91. The van der Waals surface area contributed by atoms with Crippen molar-refractivity contribution in [1.29, 1.82) is 10.5 Å². The summed E-state index contributed by atoms with van der Waals surface area (Å²) in [6.07, 6.45) is 4.94. The van der Waals surface area contributed by atoms with Crippen LogP contribution < -0.4 is 10.6 Å². The van der Waals surface area contributed by atoms with Gasteiger partial charge in [-0.25, -0.2) is 17.8 Å². The second kappa shape index (κ2) is 29.8. The van der Waals surface area contributed by atoms with Crippen molar-refractivity contribution in [2.24, 2.45) is 0 Å². The van der Waals surface area contributed by atoms with Gasteiger partial charge in [-0.05, 0) is 54.2 Å².